The lowest BCUT2D eigenvalue weighted by atomic mass is 10.2. The van der Waals surface area contributed by atoms with E-state index < -0.39 is 10.0 Å². The average Bonchev–Trinajstić information content (AvgIpc) is 2.49. The van der Waals surface area contributed by atoms with Gasteiger partial charge in [0.25, 0.3) is 0 Å². The Morgan fingerprint density at radius 3 is 2.57 bits per heavy atom. The largest absolute Gasteiger partial charge is 0.325 e. The molecule has 21 heavy (non-hydrogen) atoms. The molecule has 1 fully saturated rings. The highest BCUT2D eigenvalue weighted by Crippen LogP contribution is 2.26. The summed E-state index contributed by atoms with van der Waals surface area (Å²) in [5.41, 5.74) is 1.19. The lowest BCUT2D eigenvalue weighted by Crippen LogP contribution is -2.36. The summed E-state index contributed by atoms with van der Waals surface area (Å²) in [5.74, 6) is -0.208. The molecule has 0 unspecified atom stereocenters. The maximum atomic E-state index is 12.7. The number of halogens is 1. The molecule has 0 spiro atoms. The zero-order valence-electron chi connectivity index (χ0n) is 11.9. The van der Waals surface area contributed by atoms with Gasteiger partial charge in [-0.05, 0) is 37.5 Å². The summed E-state index contributed by atoms with van der Waals surface area (Å²) in [5, 5.41) is 2.84. The fraction of sp³-hybridized carbons (Fsp3) is 0.500. The second-order valence-corrected chi connectivity index (χ2v) is 7.59. The van der Waals surface area contributed by atoms with E-state index in [-0.39, 0.29) is 16.1 Å². The molecule has 7 heteroatoms. The van der Waals surface area contributed by atoms with E-state index in [9.17, 15) is 13.2 Å². The summed E-state index contributed by atoms with van der Waals surface area (Å²) in [4.78, 5) is 11.7. The third-order valence-corrected chi connectivity index (χ3v) is 6.08. The van der Waals surface area contributed by atoms with Gasteiger partial charge in [0, 0.05) is 18.8 Å². The van der Waals surface area contributed by atoms with E-state index in [1.165, 1.54) is 4.31 Å². The minimum atomic E-state index is -3.49. The van der Waals surface area contributed by atoms with Crippen molar-refractivity contribution in [2.75, 3.05) is 23.7 Å². The van der Waals surface area contributed by atoms with Crippen LogP contribution in [0.15, 0.2) is 23.1 Å². The van der Waals surface area contributed by atoms with Gasteiger partial charge in [-0.1, -0.05) is 28.4 Å². The number of hydrogen-bond acceptors (Lipinski definition) is 3. The Bertz CT molecular complexity index is 625. The minimum Gasteiger partial charge on any atom is -0.325 e. The molecule has 1 aliphatic heterocycles. The molecule has 5 nitrogen and oxygen atoms in total. The van der Waals surface area contributed by atoms with Crippen LogP contribution < -0.4 is 5.32 Å². The number of hydrogen-bond donors (Lipinski definition) is 1. The smallest absolute Gasteiger partial charge is 0.243 e. The summed E-state index contributed by atoms with van der Waals surface area (Å²) in [6.07, 6.45) is 2.88. The molecule has 0 aliphatic carbocycles. The first-order valence-corrected chi connectivity index (χ1v) is 9.48. The molecule has 1 aromatic carbocycles. The SMILES string of the molecule is Cc1ccc(NC(=O)CBr)cc1S(=O)(=O)N1CCCCC1. The Labute approximate surface area is 133 Å². The lowest BCUT2D eigenvalue weighted by Gasteiger charge is -2.26. The quantitative estimate of drug-likeness (QED) is 0.823. The van der Waals surface area contributed by atoms with Gasteiger partial charge in [-0.25, -0.2) is 8.42 Å². The molecule has 0 radical (unpaired) electrons. The molecule has 2 rings (SSSR count). The number of piperidine rings is 1. The predicted octanol–water partition coefficient (Wildman–Crippen LogP) is 2.50. The molecule has 1 heterocycles. The molecule has 1 aromatic rings. The number of nitrogens with one attached hydrogen (secondary N) is 1. The van der Waals surface area contributed by atoms with E-state index in [0.29, 0.717) is 24.3 Å². The van der Waals surface area contributed by atoms with Crippen molar-refractivity contribution in [2.45, 2.75) is 31.1 Å². The lowest BCUT2D eigenvalue weighted by molar-refractivity contribution is -0.113. The van der Waals surface area contributed by atoms with Crippen molar-refractivity contribution < 1.29 is 13.2 Å². The van der Waals surface area contributed by atoms with Crippen LogP contribution in [0.25, 0.3) is 0 Å². The normalized spacial score (nSPS) is 16.7. The fourth-order valence-electron chi connectivity index (χ4n) is 2.39. The molecular weight excluding hydrogens is 356 g/mol. The summed E-state index contributed by atoms with van der Waals surface area (Å²) in [7, 11) is -3.49. The Morgan fingerprint density at radius 2 is 1.95 bits per heavy atom. The van der Waals surface area contributed by atoms with Gasteiger partial charge in [0.15, 0.2) is 0 Å². The number of amides is 1. The zero-order chi connectivity index (χ0) is 15.5. The first-order valence-electron chi connectivity index (χ1n) is 6.92. The van der Waals surface area contributed by atoms with Crippen LogP contribution in [0.2, 0.25) is 0 Å². The Morgan fingerprint density at radius 1 is 1.29 bits per heavy atom. The molecule has 0 atom stereocenters. The maximum absolute atomic E-state index is 12.7. The Balaban J connectivity index is 2.33. The van der Waals surface area contributed by atoms with Crippen LogP contribution in [-0.2, 0) is 14.8 Å². The third-order valence-electron chi connectivity index (χ3n) is 3.53. The summed E-state index contributed by atoms with van der Waals surface area (Å²) >= 11 is 3.07. The van der Waals surface area contributed by atoms with E-state index in [1.807, 2.05) is 0 Å². The number of anilines is 1. The van der Waals surface area contributed by atoms with Crippen molar-refractivity contribution in [3.63, 3.8) is 0 Å². The van der Waals surface area contributed by atoms with Crippen LogP contribution >= 0.6 is 15.9 Å². The van der Waals surface area contributed by atoms with E-state index >= 15 is 0 Å². The van der Waals surface area contributed by atoms with Gasteiger partial charge in [0.05, 0.1) is 10.2 Å². The van der Waals surface area contributed by atoms with Crippen molar-refractivity contribution in [2.24, 2.45) is 0 Å². The van der Waals surface area contributed by atoms with Crippen LogP contribution in [0.1, 0.15) is 24.8 Å². The first kappa shape index (κ1) is 16.5. The highest BCUT2D eigenvalue weighted by Gasteiger charge is 2.27. The van der Waals surface area contributed by atoms with Gasteiger partial charge < -0.3 is 5.32 Å². The molecule has 0 saturated carbocycles. The number of carbonyl (C=O) groups is 1. The monoisotopic (exact) mass is 374 g/mol. The molecule has 1 amide bonds. The molecule has 0 bridgehead atoms. The van der Waals surface area contributed by atoms with Crippen LogP contribution in [-0.4, -0.2) is 37.0 Å². The topological polar surface area (TPSA) is 66.5 Å². The number of alkyl halides is 1. The van der Waals surface area contributed by atoms with Crippen molar-refractivity contribution in [1.29, 1.82) is 0 Å². The number of sulfonamides is 1. The Kier molecular flexibility index (Phi) is 5.40. The predicted molar refractivity (Wildman–Crippen MR) is 86.2 cm³/mol. The van der Waals surface area contributed by atoms with E-state index in [0.717, 1.165) is 19.3 Å². The van der Waals surface area contributed by atoms with Crippen LogP contribution in [0.4, 0.5) is 5.69 Å². The number of nitrogens with zero attached hydrogens (tertiary/aromatic N) is 1. The average molecular weight is 375 g/mol. The van der Waals surface area contributed by atoms with Crippen LogP contribution in [0, 0.1) is 6.92 Å². The van der Waals surface area contributed by atoms with Gasteiger partial charge in [-0.2, -0.15) is 4.31 Å². The second-order valence-electron chi connectivity index (χ2n) is 5.13. The van der Waals surface area contributed by atoms with Crippen molar-refractivity contribution in [3.05, 3.63) is 23.8 Å². The van der Waals surface area contributed by atoms with E-state index in [2.05, 4.69) is 21.2 Å². The molecule has 1 saturated heterocycles. The highest BCUT2D eigenvalue weighted by molar-refractivity contribution is 9.09. The van der Waals surface area contributed by atoms with E-state index in [4.69, 9.17) is 0 Å². The van der Waals surface area contributed by atoms with Gasteiger partial charge >= 0.3 is 0 Å². The summed E-state index contributed by atoms with van der Waals surface area (Å²) in [6.45, 7) is 2.91. The Hall–Kier alpha value is -0.920. The third kappa shape index (κ3) is 3.84. The number of benzene rings is 1. The fourth-order valence-corrected chi connectivity index (χ4v) is 4.30. The van der Waals surface area contributed by atoms with Crippen LogP contribution in [0.3, 0.4) is 0 Å². The molecule has 1 N–H and O–H groups in total. The van der Waals surface area contributed by atoms with Gasteiger partial charge in [-0.3, -0.25) is 4.79 Å². The van der Waals surface area contributed by atoms with E-state index in [1.54, 1.807) is 25.1 Å². The molecule has 1 aliphatic rings. The minimum absolute atomic E-state index is 0.176. The number of aryl methyl sites for hydroxylation is 1. The van der Waals surface area contributed by atoms with Gasteiger partial charge in [0.1, 0.15) is 0 Å². The van der Waals surface area contributed by atoms with Gasteiger partial charge in [0.2, 0.25) is 15.9 Å². The van der Waals surface area contributed by atoms with Crippen molar-refractivity contribution >= 4 is 37.5 Å². The first-order chi connectivity index (χ1) is 9.95. The van der Waals surface area contributed by atoms with Gasteiger partial charge in [-0.15, -0.1) is 0 Å². The second kappa shape index (κ2) is 6.89. The summed E-state index contributed by atoms with van der Waals surface area (Å²) in [6, 6.07) is 4.98. The maximum Gasteiger partial charge on any atom is 0.243 e. The molecular formula is C14H19BrN2O3S. The standard InChI is InChI=1S/C14H19BrN2O3S/c1-11-5-6-12(16-14(18)10-15)9-13(11)21(19,20)17-7-3-2-4-8-17/h5-6,9H,2-4,7-8,10H2,1H3,(H,16,18). The number of rotatable bonds is 4. The molecule has 0 aromatic heterocycles. The molecule has 116 valence electrons. The number of carbonyl (C=O) groups excluding carboxylic acids is 1. The van der Waals surface area contributed by atoms with Crippen molar-refractivity contribution in [3.8, 4) is 0 Å². The highest BCUT2D eigenvalue weighted by atomic mass is 79.9. The van der Waals surface area contributed by atoms with Crippen molar-refractivity contribution in [1.82, 2.24) is 4.31 Å². The van der Waals surface area contributed by atoms with Crippen LogP contribution in [0.5, 0.6) is 0 Å². The summed E-state index contributed by atoms with van der Waals surface area (Å²) < 4.78 is 27.0. The zero-order valence-corrected chi connectivity index (χ0v) is 14.3.